The standard InChI is InChI=1S/C20H22F2N4O2S/c1-11-15(10-23-26(11)20(3,4)5)17(27)25-19-24-16(12(2)29-19)13-6-8-14(9-7-13)28-18(21)22/h6-10,18H,1-5H3,(H,24,25,27). The van der Waals surface area contributed by atoms with Crippen LogP contribution in [0.4, 0.5) is 13.9 Å². The maximum atomic E-state index is 12.7. The van der Waals surface area contributed by atoms with Crippen LogP contribution in [0.25, 0.3) is 11.3 Å². The highest BCUT2D eigenvalue weighted by molar-refractivity contribution is 7.16. The first-order valence-electron chi connectivity index (χ1n) is 8.95. The van der Waals surface area contributed by atoms with E-state index < -0.39 is 6.61 Å². The maximum Gasteiger partial charge on any atom is 0.387 e. The summed E-state index contributed by atoms with van der Waals surface area (Å²) in [6, 6.07) is 6.23. The quantitative estimate of drug-likeness (QED) is 0.613. The van der Waals surface area contributed by atoms with Gasteiger partial charge in [0.15, 0.2) is 5.13 Å². The molecule has 6 nitrogen and oxygen atoms in total. The summed E-state index contributed by atoms with van der Waals surface area (Å²) in [5.74, 6) is -0.199. The largest absolute Gasteiger partial charge is 0.435 e. The van der Waals surface area contributed by atoms with Crippen molar-refractivity contribution in [3.05, 3.63) is 46.6 Å². The molecular formula is C20H22F2N4O2S. The van der Waals surface area contributed by atoms with Gasteiger partial charge in [-0.3, -0.25) is 14.8 Å². The van der Waals surface area contributed by atoms with E-state index in [1.807, 2.05) is 39.3 Å². The molecule has 29 heavy (non-hydrogen) atoms. The minimum Gasteiger partial charge on any atom is -0.435 e. The van der Waals surface area contributed by atoms with E-state index >= 15 is 0 Å². The number of halogens is 2. The molecular weight excluding hydrogens is 398 g/mol. The average Bonchev–Trinajstić information content (AvgIpc) is 3.17. The van der Waals surface area contributed by atoms with Crippen LogP contribution in [0.1, 0.15) is 41.7 Å². The number of rotatable bonds is 5. The summed E-state index contributed by atoms with van der Waals surface area (Å²) in [5, 5.41) is 7.60. The lowest BCUT2D eigenvalue weighted by Crippen LogP contribution is -2.25. The maximum absolute atomic E-state index is 12.7. The fourth-order valence-electron chi connectivity index (χ4n) is 2.99. The van der Waals surface area contributed by atoms with Crippen LogP contribution < -0.4 is 10.1 Å². The zero-order valence-corrected chi connectivity index (χ0v) is 17.6. The minimum absolute atomic E-state index is 0.0801. The average molecular weight is 420 g/mol. The molecule has 1 aromatic carbocycles. The van der Waals surface area contributed by atoms with Crippen molar-refractivity contribution in [2.45, 2.75) is 46.8 Å². The van der Waals surface area contributed by atoms with Gasteiger partial charge in [0.25, 0.3) is 5.91 Å². The molecule has 3 rings (SSSR count). The Morgan fingerprint density at radius 1 is 1.21 bits per heavy atom. The van der Waals surface area contributed by atoms with Gasteiger partial charge in [-0.15, -0.1) is 11.3 Å². The minimum atomic E-state index is -2.87. The molecule has 1 amide bonds. The molecule has 9 heteroatoms. The normalized spacial score (nSPS) is 11.7. The Morgan fingerprint density at radius 3 is 2.41 bits per heavy atom. The SMILES string of the molecule is Cc1sc(NC(=O)c2cnn(C(C)(C)C)c2C)nc1-c1ccc(OC(F)F)cc1. The van der Waals surface area contributed by atoms with E-state index in [0.717, 1.165) is 16.1 Å². The van der Waals surface area contributed by atoms with Crippen LogP contribution >= 0.6 is 11.3 Å². The Balaban J connectivity index is 1.79. The Bertz CT molecular complexity index is 1020. The molecule has 0 unspecified atom stereocenters. The first-order chi connectivity index (χ1) is 13.6. The zero-order valence-electron chi connectivity index (χ0n) is 16.8. The van der Waals surface area contributed by atoms with Crippen molar-refractivity contribution < 1.29 is 18.3 Å². The molecule has 0 atom stereocenters. The van der Waals surface area contributed by atoms with Crippen molar-refractivity contribution in [3.63, 3.8) is 0 Å². The first kappa shape index (κ1) is 20.9. The van der Waals surface area contributed by atoms with Gasteiger partial charge in [0.1, 0.15) is 5.75 Å². The molecule has 0 aliphatic carbocycles. The lowest BCUT2D eigenvalue weighted by molar-refractivity contribution is -0.0498. The molecule has 0 saturated carbocycles. The summed E-state index contributed by atoms with van der Waals surface area (Å²) in [7, 11) is 0. The molecule has 0 aliphatic heterocycles. The highest BCUT2D eigenvalue weighted by Crippen LogP contribution is 2.32. The van der Waals surface area contributed by atoms with Crippen molar-refractivity contribution in [2.24, 2.45) is 0 Å². The Hall–Kier alpha value is -2.81. The fourth-order valence-corrected chi connectivity index (χ4v) is 3.82. The smallest absolute Gasteiger partial charge is 0.387 e. The number of alkyl halides is 2. The summed E-state index contributed by atoms with van der Waals surface area (Å²) in [5.41, 5.74) is 2.46. The molecule has 1 N–H and O–H groups in total. The van der Waals surface area contributed by atoms with Crippen molar-refractivity contribution in [1.82, 2.24) is 14.8 Å². The van der Waals surface area contributed by atoms with Crippen molar-refractivity contribution in [3.8, 4) is 17.0 Å². The highest BCUT2D eigenvalue weighted by Gasteiger charge is 2.22. The molecule has 154 valence electrons. The van der Waals surface area contributed by atoms with Gasteiger partial charge >= 0.3 is 6.61 Å². The molecule has 0 aliphatic rings. The van der Waals surface area contributed by atoms with Crippen LogP contribution in [0, 0.1) is 13.8 Å². The van der Waals surface area contributed by atoms with Gasteiger partial charge in [-0.2, -0.15) is 13.9 Å². The molecule has 3 aromatic rings. The molecule has 0 saturated heterocycles. The Labute approximate surface area is 171 Å². The number of benzene rings is 1. The van der Waals surface area contributed by atoms with E-state index in [2.05, 4.69) is 20.1 Å². The number of nitrogens with zero attached hydrogens (tertiary/aromatic N) is 3. The van der Waals surface area contributed by atoms with Crippen LogP contribution in [-0.4, -0.2) is 27.3 Å². The number of aryl methyl sites for hydroxylation is 1. The number of carbonyl (C=O) groups excluding carboxylic acids is 1. The second-order valence-electron chi connectivity index (χ2n) is 7.51. The molecule has 0 fully saturated rings. The summed E-state index contributed by atoms with van der Waals surface area (Å²) in [4.78, 5) is 18.1. The van der Waals surface area contributed by atoms with Gasteiger partial charge in [-0.05, 0) is 58.9 Å². The Morgan fingerprint density at radius 2 is 1.86 bits per heavy atom. The van der Waals surface area contributed by atoms with Crippen molar-refractivity contribution in [1.29, 1.82) is 0 Å². The third kappa shape index (κ3) is 4.61. The monoisotopic (exact) mass is 420 g/mol. The lowest BCUT2D eigenvalue weighted by atomic mass is 10.1. The molecule has 0 radical (unpaired) electrons. The van der Waals surface area contributed by atoms with Gasteiger partial charge in [0.05, 0.1) is 23.0 Å². The predicted molar refractivity (Wildman–Crippen MR) is 109 cm³/mol. The van der Waals surface area contributed by atoms with Crippen LogP contribution in [0.2, 0.25) is 0 Å². The second kappa shape index (κ2) is 7.90. The van der Waals surface area contributed by atoms with Crippen LogP contribution in [0.3, 0.4) is 0 Å². The zero-order chi connectivity index (χ0) is 21.3. The van der Waals surface area contributed by atoms with Crippen LogP contribution in [0.5, 0.6) is 5.75 Å². The van der Waals surface area contributed by atoms with E-state index in [1.54, 1.807) is 18.3 Å². The second-order valence-corrected chi connectivity index (χ2v) is 8.71. The van der Waals surface area contributed by atoms with Gasteiger partial charge in [0, 0.05) is 16.1 Å². The van der Waals surface area contributed by atoms with Gasteiger partial charge < -0.3 is 4.74 Å². The molecule has 2 aromatic heterocycles. The first-order valence-corrected chi connectivity index (χ1v) is 9.77. The molecule has 2 heterocycles. The number of ether oxygens (including phenoxy) is 1. The predicted octanol–water partition coefficient (Wildman–Crippen LogP) is 5.23. The number of hydrogen-bond acceptors (Lipinski definition) is 5. The van der Waals surface area contributed by atoms with E-state index in [-0.39, 0.29) is 17.2 Å². The fraction of sp³-hybridized carbons (Fsp3) is 0.350. The number of carbonyl (C=O) groups is 1. The summed E-state index contributed by atoms with van der Waals surface area (Å²) in [6.45, 7) is 6.92. The number of hydrogen-bond donors (Lipinski definition) is 1. The van der Waals surface area contributed by atoms with Crippen LogP contribution in [0.15, 0.2) is 30.5 Å². The number of aromatic nitrogens is 3. The molecule has 0 bridgehead atoms. The van der Waals surface area contributed by atoms with Gasteiger partial charge in [0.2, 0.25) is 0 Å². The summed E-state index contributed by atoms with van der Waals surface area (Å²) >= 11 is 1.34. The number of thiazole rings is 1. The summed E-state index contributed by atoms with van der Waals surface area (Å²) in [6.07, 6.45) is 1.55. The number of nitrogens with one attached hydrogen (secondary N) is 1. The van der Waals surface area contributed by atoms with E-state index in [1.165, 1.54) is 23.5 Å². The molecule has 0 spiro atoms. The van der Waals surface area contributed by atoms with Crippen LogP contribution in [-0.2, 0) is 5.54 Å². The third-order valence-corrected chi connectivity index (χ3v) is 5.15. The summed E-state index contributed by atoms with van der Waals surface area (Å²) < 4.78 is 30.7. The van der Waals surface area contributed by atoms with E-state index in [9.17, 15) is 13.6 Å². The van der Waals surface area contributed by atoms with Crippen molar-refractivity contribution in [2.75, 3.05) is 5.32 Å². The number of anilines is 1. The van der Waals surface area contributed by atoms with Crippen molar-refractivity contribution >= 4 is 22.4 Å². The van der Waals surface area contributed by atoms with E-state index in [0.29, 0.717) is 16.4 Å². The van der Waals surface area contributed by atoms with E-state index in [4.69, 9.17) is 0 Å². The highest BCUT2D eigenvalue weighted by atomic mass is 32.1. The Kier molecular flexibility index (Phi) is 5.70. The third-order valence-electron chi connectivity index (χ3n) is 4.26. The van der Waals surface area contributed by atoms with Gasteiger partial charge in [-0.25, -0.2) is 4.98 Å². The topological polar surface area (TPSA) is 69.0 Å². The van der Waals surface area contributed by atoms with Gasteiger partial charge in [-0.1, -0.05) is 0 Å². The lowest BCUT2D eigenvalue weighted by Gasteiger charge is -2.21. The number of amides is 1.